The molecule has 2 N–H and O–H groups in total. The van der Waals surface area contributed by atoms with Crippen molar-refractivity contribution in [3.8, 4) is 5.75 Å². The van der Waals surface area contributed by atoms with E-state index in [0.717, 1.165) is 18.4 Å². The molecule has 0 aromatic heterocycles. The molecule has 0 saturated carbocycles. The van der Waals surface area contributed by atoms with Crippen molar-refractivity contribution in [3.05, 3.63) is 29.8 Å². The normalized spacial score (nSPS) is 23.3. The SMILES string of the molecule is CC1=N[C@@](CO)(CCc2ccc(O)cc2)CO1. The molecule has 1 heterocycles. The number of aliphatic imine (C=N–C) groups is 1. The van der Waals surface area contributed by atoms with Crippen LogP contribution in [-0.2, 0) is 11.2 Å². The summed E-state index contributed by atoms with van der Waals surface area (Å²) in [5.74, 6) is 0.911. The Morgan fingerprint density at radius 3 is 2.59 bits per heavy atom. The molecule has 0 bridgehead atoms. The number of rotatable bonds is 4. The van der Waals surface area contributed by atoms with Gasteiger partial charge in [0.15, 0.2) is 5.90 Å². The highest BCUT2D eigenvalue weighted by molar-refractivity contribution is 5.75. The van der Waals surface area contributed by atoms with E-state index >= 15 is 0 Å². The predicted molar refractivity (Wildman–Crippen MR) is 65.3 cm³/mol. The molecule has 0 radical (unpaired) electrons. The van der Waals surface area contributed by atoms with E-state index in [1.54, 1.807) is 19.1 Å². The van der Waals surface area contributed by atoms with Crippen LogP contribution in [-0.4, -0.2) is 34.9 Å². The molecule has 17 heavy (non-hydrogen) atoms. The Hall–Kier alpha value is -1.55. The Labute approximate surface area is 101 Å². The number of hydrogen-bond donors (Lipinski definition) is 2. The van der Waals surface area contributed by atoms with Crippen molar-refractivity contribution in [2.45, 2.75) is 25.3 Å². The predicted octanol–water partition coefficient (Wildman–Crippen LogP) is 1.50. The first kappa shape index (κ1) is 11.9. The number of aliphatic hydroxyl groups is 1. The summed E-state index contributed by atoms with van der Waals surface area (Å²) >= 11 is 0. The van der Waals surface area contributed by atoms with E-state index in [2.05, 4.69) is 4.99 Å². The Morgan fingerprint density at radius 2 is 2.06 bits per heavy atom. The van der Waals surface area contributed by atoms with E-state index < -0.39 is 5.54 Å². The van der Waals surface area contributed by atoms with Gasteiger partial charge in [0.1, 0.15) is 17.9 Å². The first-order valence-electron chi connectivity index (χ1n) is 5.72. The number of phenols is 1. The molecule has 2 rings (SSSR count). The van der Waals surface area contributed by atoms with E-state index in [1.807, 2.05) is 12.1 Å². The van der Waals surface area contributed by atoms with Crippen LogP contribution < -0.4 is 0 Å². The minimum Gasteiger partial charge on any atom is -0.508 e. The van der Waals surface area contributed by atoms with Crippen LogP contribution in [0.5, 0.6) is 5.75 Å². The van der Waals surface area contributed by atoms with Gasteiger partial charge in [0.25, 0.3) is 0 Å². The molecule has 4 heteroatoms. The Morgan fingerprint density at radius 1 is 1.35 bits per heavy atom. The number of benzene rings is 1. The van der Waals surface area contributed by atoms with Gasteiger partial charge in [0.05, 0.1) is 6.61 Å². The smallest absolute Gasteiger partial charge is 0.180 e. The van der Waals surface area contributed by atoms with E-state index in [1.165, 1.54) is 0 Å². The Kier molecular flexibility index (Phi) is 3.33. The van der Waals surface area contributed by atoms with Crippen LogP contribution in [0, 0.1) is 0 Å². The molecule has 0 unspecified atom stereocenters. The van der Waals surface area contributed by atoms with Gasteiger partial charge in [-0.15, -0.1) is 0 Å². The quantitative estimate of drug-likeness (QED) is 0.831. The summed E-state index contributed by atoms with van der Waals surface area (Å²) in [5.41, 5.74) is 0.637. The lowest BCUT2D eigenvalue weighted by Gasteiger charge is -2.21. The monoisotopic (exact) mass is 235 g/mol. The molecule has 0 spiro atoms. The molecular weight excluding hydrogens is 218 g/mol. The average Bonchev–Trinajstić information content (AvgIpc) is 2.71. The zero-order valence-corrected chi connectivity index (χ0v) is 9.89. The minimum absolute atomic E-state index is 0.00240. The lowest BCUT2D eigenvalue weighted by atomic mass is 9.94. The second-order valence-electron chi connectivity index (χ2n) is 4.47. The zero-order valence-electron chi connectivity index (χ0n) is 9.89. The fourth-order valence-corrected chi connectivity index (χ4v) is 1.97. The first-order valence-corrected chi connectivity index (χ1v) is 5.72. The molecule has 0 aliphatic carbocycles. The molecule has 1 aliphatic rings. The largest absolute Gasteiger partial charge is 0.508 e. The molecule has 92 valence electrons. The van der Waals surface area contributed by atoms with Crippen LogP contribution in [0.2, 0.25) is 0 Å². The number of aliphatic hydroxyl groups excluding tert-OH is 1. The topological polar surface area (TPSA) is 62.1 Å². The summed E-state index contributed by atoms with van der Waals surface area (Å²) in [4.78, 5) is 4.37. The van der Waals surface area contributed by atoms with Gasteiger partial charge < -0.3 is 14.9 Å². The maximum atomic E-state index is 9.43. The van der Waals surface area contributed by atoms with Gasteiger partial charge in [-0.2, -0.15) is 0 Å². The van der Waals surface area contributed by atoms with Crippen molar-refractivity contribution in [2.24, 2.45) is 4.99 Å². The van der Waals surface area contributed by atoms with Gasteiger partial charge in [-0.1, -0.05) is 12.1 Å². The van der Waals surface area contributed by atoms with Crippen LogP contribution in [0.4, 0.5) is 0 Å². The summed E-state index contributed by atoms with van der Waals surface area (Å²) in [6.07, 6.45) is 1.55. The molecule has 1 atom stereocenters. The highest BCUT2D eigenvalue weighted by atomic mass is 16.5. The fraction of sp³-hybridized carbons (Fsp3) is 0.462. The molecule has 0 amide bonds. The lowest BCUT2D eigenvalue weighted by Crippen LogP contribution is -2.33. The number of nitrogens with zero attached hydrogens (tertiary/aromatic N) is 1. The van der Waals surface area contributed by atoms with E-state index in [9.17, 15) is 10.2 Å². The maximum absolute atomic E-state index is 9.43. The van der Waals surface area contributed by atoms with E-state index in [0.29, 0.717) is 12.5 Å². The number of aromatic hydroxyl groups is 1. The summed E-state index contributed by atoms with van der Waals surface area (Å²) < 4.78 is 5.32. The number of phenolic OH excluding ortho intramolecular Hbond substituents is 1. The number of aryl methyl sites for hydroxylation is 1. The van der Waals surface area contributed by atoms with Gasteiger partial charge in [-0.25, -0.2) is 4.99 Å². The van der Waals surface area contributed by atoms with Crippen LogP contribution in [0.1, 0.15) is 18.9 Å². The number of hydrogen-bond acceptors (Lipinski definition) is 4. The third-order valence-electron chi connectivity index (χ3n) is 3.05. The van der Waals surface area contributed by atoms with Crippen molar-refractivity contribution >= 4 is 5.90 Å². The Balaban J connectivity index is 1.99. The third-order valence-corrected chi connectivity index (χ3v) is 3.05. The van der Waals surface area contributed by atoms with Gasteiger partial charge in [0, 0.05) is 6.92 Å². The molecule has 1 aliphatic heterocycles. The average molecular weight is 235 g/mol. The summed E-state index contributed by atoms with van der Waals surface area (Å²) in [6, 6.07) is 7.10. The van der Waals surface area contributed by atoms with Gasteiger partial charge in [-0.05, 0) is 30.5 Å². The van der Waals surface area contributed by atoms with Crippen molar-refractivity contribution in [2.75, 3.05) is 13.2 Å². The molecular formula is C13H17NO3. The highest BCUT2D eigenvalue weighted by Gasteiger charge is 2.34. The van der Waals surface area contributed by atoms with Crippen molar-refractivity contribution in [1.82, 2.24) is 0 Å². The highest BCUT2D eigenvalue weighted by Crippen LogP contribution is 2.25. The molecule has 0 saturated heterocycles. The van der Waals surface area contributed by atoms with Crippen molar-refractivity contribution in [1.29, 1.82) is 0 Å². The van der Waals surface area contributed by atoms with Gasteiger partial charge in [-0.3, -0.25) is 0 Å². The van der Waals surface area contributed by atoms with Crippen molar-refractivity contribution in [3.63, 3.8) is 0 Å². The summed E-state index contributed by atoms with van der Waals surface area (Å²) in [7, 11) is 0. The minimum atomic E-state index is -0.484. The molecule has 4 nitrogen and oxygen atoms in total. The maximum Gasteiger partial charge on any atom is 0.180 e. The second-order valence-corrected chi connectivity index (χ2v) is 4.47. The molecule has 0 fully saturated rings. The van der Waals surface area contributed by atoms with Crippen LogP contribution in [0.25, 0.3) is 0 Å². The van der Waals surface area contributed by atoms with Gasteiger partial charge in [0.2, 0.25) is 0 Å². The lowest BCUT2D eigenvalue weighted by molar-refractivity contribution is 0.150. The van der Waals surface area contributed by atoms with Crippen LogP contribution in [0.3, 0.4) is 0 Å². The summed E-state index contributed by atoms with van der Waals surface area (Å²) in [5, 5.41) is 18.6. The van der Waals surface area contributed by atoms with E-state index in [-0.39, 0.29) is 12.4 Å². The van der Waals surface area contributed by atoms with Crippen molar-refractivity contribution < 1.29 is 14.9 Å². The first-order chi connectivity index (χ1) is 8.13. The summed E-state index contributed by atoms with van der Waals surface area (Å²) in [6.45, 7) is 2.26. The van der Waals surface area contributed by atoms with Crippen LogP contribution in [0.15, 0.2) is 29.3 Å². The molecule has 1 aromatic rings. The molecule has 1 aromatic carbocycles. The Bertz CT molecular complexity index is 413. The van der Waals surface area contributed by atoms with E-state index in [4.69, 9.17) is 4.74 Å². The van der Waals surface area contributed by atoms with Crippen LogP contribution >= 0.6 is 0 Å². The third kappa shape index (κ3) is 2.77. The standard InChI is InChI=1S/C13H17NO3/c1-10-14-13(8-15,9-17-10)7-6-11-2-4-12(16)5-3-11/h2-5,15-16H,6-9H2,1H3/t13-/m1/s1. The second kappa shape index (κ2) is 4.75. The fourth-order valence-electron chi connectivity index (χ4n) is 1.97. The number of ether oxygens (including phenoxy) is 1. The van der Waals surface area contributed by atoms with Gasteiger partial charge >= 0.3 is 0 Å². The zero-order chi connectivity index (χ0) is 12.3.